The van der Waals surface area contributed by atoms with Gasteiger partial charge in [0.2, 0.25) is 5.91 Å². The molecule has 1 aliphatic carbocycles. The average molecular weight is 272 g/mol. The van der Waals surface area contributed by atoms with E-state index in [1.54, 1.807) is 0 Å². The van der Waals surface area contributed by atoms with E-state index in [1.807, 2.05) is 4.90 Å². The van der Waals surface area contributed by atoms with Crippen molar-refractivity contribution in [2.45, 2.75) is 51.6 Å². The second-order valence-corrected chi connectivity index (χ2v) is 6.46. The highest BCUT2D eigenvalue weighted by molar-refractivity contribution is 5.77. The molecule has 3 heteroatoms. The van der Waals surface area contributed by atoms with E-state index in [0.717, 1.165) is 25.9 Å². The lowest BCUT2D eigenvalue weighted by Gasteiger charge is -2.36. The molecule has 1 aromatic rings. The Kier molecular flexibility index (Phi) is 3.79. The van der Waals surface area contributed by atoms with E-state index >= 15 is 0 Å². The van der Waals surface area contributed by atoms with Crippen molar-refractivity contribution in [2.75, 3.05) is 6.54 Å². The molecule has 0 atom stereocenters. The highest BCUT2D eigenvalue weighted by Gasteiger charge is 2.35. The van der Waals surface area contributed by atoms with E-state index in [2.05, 4.69) is 24.3 Å². The summed E-state index contributed by atoms with van der Waals surface area (Å²) in [6, 6.07) is 8.36. The SMILES string of the molecule is NCC1(CC(=O)N2Cc3ccccc3C2)CCCCC1. The number of hydrogen-bond donors (Lipinski definition) is 1. The molecule has 0 saturated heterocycles. The Morgan fingerprint density at radius 3 is 2.25 bits per heavy atom. The van der Waals surface area contributed by atoms with Gasteiger partial charge < -0.3 is 10.6 Å². The van der Waals surface area contributed by atoms with Crippen molar-refractivity contribution in [3.05, 3.63) is 35.4 Å². The molecular weight excluding hydrogens is 248 g/mol. The van der Waals surface area contributed by atoms with Gasteiger partial charge in [-0.15, -0.1) is 0 Å². The van der Waals surface area contributed by atoms with E-state index in [1.165, 1.54) is 30.4 Å². The van der Waals surface area contributed by atoms with Crippen molar-refractivity contribution in [2.24, 2.45) is 11.1 Å². The first-order chi connectivity index (χ1) is 9.72. The zero-order valence-corrected chi connectivity index (χ0v) is 12.1. The van der Waals surface area contributed by atoms with Crippen LogP contribution >= 0.6 is 0 Å². The molecule has 0 bridgehead atoms. The van der Waals surface area contributed by atoms with Gasteiger partial charge >= 0.3 is 0 Å². The first kappa shape index (κ1) is 13.6. The Morgan fingerprint density at radius 1 is 1.10 bits per heavy atom. The molecular formula is C17H24N2O. The number of benzene rings is 1. The smallest absolute Gasteiger partial charge is 0.223 e. The molecule has 108 valence electrons. The van der Waals surface area contributed by atoms with E-state index < -0.39 is 0 Å². The van der Waals surface area contributed by atoms with Crippen molar-refractivity contribution in [3.63, 3.8) is 0 Å². The molecule has 3 nitrogen and oxygen atoms in total. The Hall–Kier alpha value is -1.35. The predicted octanol–water partition coefficient (Wildman–Crippen LogP) is 2.83. The lowest BCUT2D eigenvalue weighted by molar-refractivity contribution is -0.134. The maximum atomic E-state index is 12.6. The fraction of sp³-hybridized carbons (Fsp3) is 0.588. The maximum absolute atomic E-state index is 12.6. The minimum atomic E-state index is 0.0735. The summed E-state index contributed by atoms with van der Waals surface area (Å²) in [5.74, 6) is 0.286. The lowest BCUT2D eigenvalue weighted by atomic mass is 9.71. The molecule has 1 saturated carbocycles. The highest BCUT2D eigenvalue weighted by Crippen LogP contribution is 2.39. The summed E-state index contributed by atoms with van der Waals surface area (Å²) in [7, 11) is 0. The maximum Gasteiger partial charge on any atom is 0.223 e. The Morgan fingerprint density at radius 2 is 1.70 bits per heavy atom. The summed E-state index contributed by atoms with van der Waals surface area (Å²) in [6.07, 6.45) is 6.63. The van der Waals surface area contributed by atoms with Gasteiger partial charge in [0.25, 0.3) is 0 Å². The van der Waals surface area contributed by atoms with Crippen LogP contribution in [0, 0.1) is 5.41 Å². The molecule has 0 unspecified atom stereocenters. The number of fused-ring (bicyclic) bond motifs is 1. The summed E-state index contributed by atoms with van der Waals surface area (Å²) in [6.45, 7) is 2.20. The summed E-state index contributed by atoms with van der Waals surface area (Å²) in [5, 5.41) is 0. The Balaban J connectivity index is 1.66. The average Bonchev–Trinajstić information content (AvgIpc) is 2.92. The van der Waals surface area contributed by atoms with Crippen LogP contribution < -0.4 is 5.73 Å². The third-order valence-electron chi connectivity index (χ3n) is 5.07. The van der Waals surface area contributed by atoms with Crippen LogP contribution in [0.3, 0.4) is 0 Å². The van der Waals surface area contributed by atoms with Crippen molar-refractivity contribution < 1.29 is 4.79 Å². The number of carbonyl (C=O) groups excluding carboxylic acids is 1. The van der Waals surface area contributed by atoms with Crippen LogP contribution in [-0.2, 0) is 17.9 Å². The van der Waals surface area contributed by atoms with E-state index in [9.17, 15) is 4.79 Å². The molecule has 1 aliphatic heterocycles. The molecule has 2 aliphatic rings. The highest BCUT2D eigenvalue weighted by atomic mass is 16.2. The third-order valence-corrected chi connectivity index (χ3v) is 5.07. The van der Waals surface area contributed by atoms with Crippen LogP contribution in [0.15, 0.2) is 24.3 Å². The van der Waals surface area contributed by atoms with Gasteiger partial charge in [0.15, 0.2) is 0 Å². The second kappa shape index (κ2) is 5.57. The first-order valence-corrected chi connectivity index (χ1v) is 7.77. The zero-order valence-electron chi connectivity index (χ0n) is 12.1. The van der Waals surface area contributed by atoms with E-state index in [0.29, 0.717) is 13.0 Å². The Bertz CT molecular complexity index is 467. The minimum Gasteiger partial charge on any atom is -0.334 e. The molecule has 1 amide bonds. The van der Waals surface area contributed by atoms with Crippen LogP contribution in [0.2, 0.25) is 0 Å². The normalized spacial score (nSPS) is 20.8. The van der Waals surface area contributed by atoms with Gasteiger partial charge in [-0.3, -0.25) is 4.79 Å². The van der Waals surface area contributed by atoms with Gasteiger partial charge in [0.05, 0.1) is 0 Å². The van der Waals surface area contributed by atoms with Gasteiger partial charge in [-0.1, -0.05) is 43.5 Å². The van der Waals surface area contributed by atoms with Crippen LogP contribution in [0.5, 0.6) is 0 Å². The number of carbonyl (C=O) groups is 1. The molecule has 0 radical (unpaired) electrons. The van der Waals surface area contributed by atoms with Gasteiger partial charge in [-0.05, 0) is 35.9 Å². The van der Waals surface area contributed by atoms with Crippen molar-refractivity contribution in [1.82, 2.24) is 4.90 Å². The van der Waals surface area contributed by atoms with Gasteiger partial charge in [0, 0.05) is 19.5 Å². The van der Waals surface area contributed by atoms with Crippen molar-refractivity contribution in [3.8, 4) is 0 Å². The quantitative estimate of drug-likeness (QED) is 0.919. The molecule has 0 spiro atoms. The minimum absolute atomic E-state index is 0.0735. The number of nitrogens with two attached hydrogens (primary N) is 1. The summed E-state index contributed by atoms with van der Waals surface area (Å²) in [4.78, 5) is 14.6. The van der Waals surface area contributed by atoms with Gasteiger partial charge in [0.1, 0.15) is 0 Å². The molecule has 0 aromatic heterocycles. The monoisotopic (exact) mass is 272 g/mol. The number of nitrogens with zero attached hydrogens (tertiary/aromatic N) is 1. The summed E-state index contributed by atoms with van der Waals surface area (Å²) in [5.41, 5.74) is 8.67. The molecule has 20 heavy (non-hydrogen) atoms. The van der Waals surface area contributed by atoms with Crippen LogP contribution in [0.1, 0.15) is 49.7 Å². The first-order valence-electron chi connectivity index (χ1n) is 7.77. The molecule has 1 fully saturated rings. The largest absolute Gasteiger partial charge is 0.334 e. The van der Waals surface area contributed by atoms with E-state index in [4.69, 9.17) is 5.73 Å². The molecule has 1 aromatic carbocycles. The van der Waals surface area contributed by atoms with Crippen LogP contribution in [-0.4, -0.2) is 17.4 Å². The van der Waals surface area contributed by atoms with Crippen LogP contribution in [0.25, 0.3) is 0 Å². The molecule has 3 rings (SSSR count). The second-order valence-electron chi connectivity index (χ2n) is 6.46. The summed E-state index contributed by atoms with van der Waals surface area (Å²) < 4.78 is 0. The fourth-order valence-corrected chi connectivity index (χ4v) is 3.70. The number of amides is 1. The molecule has 2 N–H and O–H groups in total. The van der Waals surface area contributed by atoms with Gasteiger partial charge in [-0.25, -0.2) is 0 Å². The topological polar surface area (TPSA) is 46.3 Å². The Labute approximate surface area is 121 Å². The zero-order chi connectivity index (χ0) is 14.0. The number of hydrogen-bond acceptors (Lipinski definition) is 2. The third kappa shape index (κ3) is 2.59. The standard InChI is InChI=1S/C17H24N2O/c18-13-17(8-4-1-5-9-17)10-16(20)19-11-14-6-2-3-7-15(14)12-19/h2-3,6-7H,1,4-5,8-13,18H2. The van der Waals surface area contributed by atoms with Crippen molar-refractivity contribution in [1.29, 1.82) is 0 Å². The van der Waals surface area contributed by atoms with E-state index in [-0.39, 0.29) is 11.3 Å². The lowest BCUT2D eigenvalue weighted by Crippen LogP contribution is -2.39. The number of rotatable bonds is 3. The van der Waals surface area contributed by atoms with Crippen LogP contribution in [0.4, 0.5) is 0 Å². The molecule has 1 heterocycles. The van der Waals surface area contributed by atoms with Crippen molar-refractivity contribution >= 4 is 5.91 Å². The predicted molar refractivity (Wildman–Crippen MR) is 79.9 cm³/mol. The summed E-state index contributed by atoms with van der Waals surface area (Å²) >= 11 is 0. The fourth-order valence-electron chi connectivity index (χ4n) is 3.70. The van der Waals surface area contributed by atoms with Gasteiger partial charge in [-0.2, -0.15) is 0 Å².